The van der Waals surface area contributed by atoms with Crippen molar-refractivity contribution < 1.29 is 9.53 Å². The van der Waals surface area contributed by atoms with Crippen molar-refractivity contribution in [2.24, 2.45) is 4.99 Å². The predicted octanol–water partition coefficient (Wildman–Crippen LogP) is 2.52. The molecule has 2 rings (SSSR count). The van der Waals surface area contributed by atoms with Crippen LogP contribution in [0.1, 0.15) is 16.7 Å². The Labute approximate surface area is 158 Å². The minimum atomic E-state index is -0.223. The second-order valence-corrected chi connectivity index (χ2v) is 6.46. The molecule has 6 nitrogen and oxygen atoms in total. The first-order chi connectivity index (χ1) is 10.6. The maximum absolute atomic E-state index is 11.7. The lowest BCUT2D eigenvalue weighted by Crippen LogP contribution is -2.53. The second-order valence-electron chi connectivity index (χ2n) is 5.09. The van der Waals surface area contributed by atoms with Crippen LogP contribution in [0.5, 0.6) is 0 Å². The number of halogens is 1. The normalized spacial score (nSPS) is 15.2. The summed E-state index contributed by atoms with van der Waals surface area (Å²) in [6.07, 6.45) is -0.223. The Bertz CT molecular complexity index is 527. The number of aliphatic imine (C=N–C) groups is 1. The quantitative estimate of drug-likeness (QED) is 0.435. The molecule has 1 aliphatic heterocycles. The molecule has 23 heavy (non-hydrogen) atoms. The highest BCUT2D eigenvalue weighted by atomic mass is 127. The number of amides is 1. The highest BCUT2D eigenvalue weighted by Crippen LogP contribution is 2.14. The van der Waals surface area contributed by atoms with Crippen molar-refractivity contribution in [2.45, 2.75) is 20.4 Å². The van der Waals surface area contributed by atoms with Gasteiger partial charge in [0.2, 0.25) is 0 Å². The number of hydrogen-bond donors (Lipinski definition) is 1. The monoisotopic (exact) mass is 452 g/mol. The maximum atomic E-state index is 11.7. The van der Waals surface area contributed by atoms with E-state index in [1.54, 1.807) is 23.3 Å². The molecule has 2 heterocycles. The summed E-state index contributed by atoms with van der Waals surface area (Å²) in [5, 5.41) is 3.39. The van der Waals surface area contributed by atoms with Gasteiger partial charge < -0.3 is 19.9 Å². The molecule has 0 saturated carbocycles. The number of hydrogen-bond acceptors (Lipinski definition) is 4. The summed E-state index contributed by atoms with van der Waals surface area (Å²) in [6, 6.07) is 4.27. The third-order valence-electron chi connectivity index (χ3n) is 3.53. The van der Waals surface area contributed by atoms with Crippen LogP contribution >= 0.6 is 35.3 Å². The number of nitrogens with one attached hydrogen (secondary N) is 1. The van der Waals surface area contributed by atoms with Gasteiger partial charge in [-0.3, -0.25) is 4.99 Å². The van der Waals surface area contributed by atoms with Gasteiger partial charge in [0.25, 0.3) is 0 Å². The van der Waals surface area contributed by atoms with Crippen LogP contribution in [0.4, 0.5) is 4.79 Å². The highest BCUT2D eigenvalue weighted by Gasteiger charge is 2.23. The summed E-state index contributed by atoms with van der Waals surface area (Å²) in [7, 11) is 1.79. The fraction of sp³-hybridized carbons (Fsp3) is 0.600. The van der Waals surface area contributed by atoms with Gasteiger partial charge >= 0.3 is 6.09 Å². The summed E-state index contributed by atoms with van der Waals surface area (Å²) < 4.78 is 5.04. The smallest absolute Gasteiger partial charge is 0.409 e. The van der Waals surface area contributed by atoms with Crippen LogP contribution in [0.3, 0.4) is 0 Å². The molecule has 1 amide bonds. The number of aryl methyl sites for hydroxylation is 1. The Morgan fingerprint density at radius 1 is 1.30 bits per heavy atom. The number of carbonyl (C=O) groups is 1. The van der Waals surface area contributed by atoms with E-state index < -0.39 is 0 Å². The van der Waals surface area contributed by atoms with Gasteiger partial charge in [0.15, 0.2) is 5.96 Å². The summed E-state index contributed by atoms with van der Waals surface area (Å²) in [6.45, 7) is 7.99. The molecule has 0 aliphatic carbocycles. The van der Waals surface area contributed by atoms with E-state index in [0.717, 1.165) is 25.6 Å². The molecule has 0 aromatic carbocycles. The van der Waals surface area contributed by atoms with Crippen molar-refractivity contribution >= 4 is 47.4 Å². The van der Waals surface area contributed by atoms with Gasteiger partial charge in [-0.25, -0.2) is 4.79 Å². The first kappa shape index (κ1) is 20.0. The Kier molecular flexibility index (Phi) is 8.67. The Morgan fingerprint density at radius 2 is 1.96 bits per heavy atom. The zero-order valence-electron chi connectivity index (χ0n) is 13.9. The van der Waals surface area contributed by atoms with Gasteiger partial charge in [0.05, 0.1) is 13.2 Å². The lowest BCUT2D eigenvalue weighted by molar-refractivity contribution is 0.0914. The predicted molar refractivity (Wildman–Crippen MR) is 105 cm³/mol. The summed E-state index contributed by atoms with van der Waals surface area (Å²) in [5.41, 5.74) is 0. The average molecular weight is 452 g/mol. The molecule has 0 bridgehead atoms. The van der Waals surface area contributed by atoms with Crippen molar-refractivity contribution in [2.75, 3.05) is 39.8 Å². The number of piperazine rings is 1. The Morgan fingerprint density at radius 3 is 2.48 bits per heavy atom. The van der Waals surface area contributed by atoms with Crippen LogP contribution < -0.4 is 5.32 Å². The van der Waals surface area contributed by atoms with E-state index in [1.165, 1.54) is 9.75 Å². The van der Waals surface area contributed by atoms with E-state index in [-0.39, 0.29) is 30.1 Å². The molecule has 0 radical (unpaired) electrons. The minimum absolute atomic E-state index is 0. The van der Waals surface area contributed by atoms with E-state index in [4.69, 9.17) is 4.74 Å². The van der Waals surface area contributed by atoms with E-state index in [9.17, 15) is 4.79 Å². The largest absolute Gasteiger partial charge is 0.450 e. The molecule has 1 N–H and O–H groups in total. The second kappa shape index (κ2) is 9.96. The van der Waals surface area contributed by atoms with Crippen LogP contribution in [0.15, 0.2) is 17.1 Å². The van der Waals surface area contributed by atoms with Crippen molar-refractivity contribution in [1.82, 2.24) is 15.1 Å². The number of ether oxygens (including phenoxy) is 1. The maximum Gasteiger partial charge on any atom is 0.409 e. The third kappa shape index (κ3) is 5.83. The molecule has 130 valence electrons. The lowest BCUT2D eigenvalue weighted by atomic mass is 10.3. The van der Waals surface area contributed by atoms with Crippen LogP contribution in [0.25, 0.3) is 0 Å². The number of carbonyl (C=O) groups excluding carboxylic acids is 1. The van der Waals surface area contributed by atoms with E-state index in [1.807, 2.05) is 6.92 Å². The van der Waals surface area contributed by atoms with Crippen molar-refractivity contribution in [3.8, 4) is 0 Å². The van der Waals surface area contributed by atoms with E-state index in [0.29, 0.717) is 19.7 Å². The molecular formula is C15H25IN4O2S. The first-order valence-corrected chi connectivity index (χ1v) is 8.38. The molecule has 1 saturated heterocycles. The third-order valence-corrected chi connectivity index (χ3v) is 4.53. The molecular weight excluding hydrogens is 427 g/mol. The van der Waals surface area contributed by atoms with Crippen molar-refractivity contribution in [1.29, 1.82) is 0 Å². The number of guanidine groups is 1. The average Bonchev–Trinajstić information content (AvgIpc) is 2.94. The topological polar surface area (TPSA) is 57.2 Å². The van der Waals surface area contributed by atoms with Crippen LogP contribution in [-0.4, -0.2) is 61.7 Å². The van der Waals surface area contributed by atoms with Gasteiger partial charge in [0, 0.05) is 43.0 Å². The van der Waals surface area contributed by atoms with Gasteiger partial charge in [-0.1, -0.05) is 0 Å². The lowest BCUT2D eigenvalue weighted by Gasteiger charge is -2.35. The van der Waals surface area contributed by atoms with Crippen LogP contribution in [-0.2, 0) is 11.3 Å². The first-order valence-electron chi connectivity index (χ1n) is 7.56. The molecule has 1 aromatic heterocycles. The summed E-state index contributed by atoms with van der Waals surface area (Å²) in [4.78, 5) is 22.6. The molecule has 1 aliphatic rings. The number of nitrogens with zero attached hydrogens (tertiary/aromatic N) is 3. The summed E-state index contributed by atoms with van der Waals surface area (Å²) in [5.74, 6) is 0.884. The number of rotatable bonds is 3. The highest BCUT2D eigenvalue weighted by molar-refractivity contribution is 14.0. The molecule has 8 heteroatoms. The van der Waals surface area contributed by atoms with Gasteiger partial charge in [-0.2, -0.15) is 0 Å². The SMILES string of the molecule is CCOC(=O)N1CCN(C(=NC)NCc2ccc(C)s2)CC1.I. The zero-order chi connectivity index (χ0) is 15.9. The molecule has 1 fully saturated rings. The fourth-order valence-corrected chi connectivity index (χ4v) is 3.22. The molecule has 0 atom stereocenters. The Hall–Kier alpha value is -1.03. The van der Waals surface area contributed by atoms with E-state index in [2.05, 4.69) is 34.3 Å². The summed E-state index contributed by atoms with van der Waals surface area (Å²) >= 11 is 1.79. The van der Waals surface area contributed by atoms with Crippen molar-refractivity contribution in [3.63, 3.8) is 0 Å². The molecule has 1 aromatic rings. The number of thiophene rings is 1. The van der Waals surface area contributed by atoms with Gasteiger partial charge in [-0.15, -0.1) is 35.3 Å². The van der Waals surface area contributed by atoms with Crippen LogP contribution in [0.2, 0.25) is 0 Å². The molecule has 0 spiro atoms. The standard InChI is InChI=1S/C15H24N4O2S.HI/c1-4-21-15(20)19-9-7-18(8-10-19)14(16-3)17-11-13-6-5-12(2)22-13;/h5-6H,4,7-11H2,1-3H3,(H,16,17);1H. The van der Waals surface area contributed by atoms with Crippen LogP contribution in [0, 0.1) is 6.92 Å². The van der Waals surface area contributed by atoms with Gasteiger partial charge in [0.1, 0.15) is 0 Å². The minimum Gasteiger partial charge on any atom is -0.450 e. The van der Waals surface area contributed by atoms with E-state index >= 15 is 0 Å². The zero-order valence-corrected chi connectivity index (χ0v) is 17.0. The van der Waals surface area contributed by atoms with Gasteiger partial charge in [-0.05, 0) is 26.0 Å². The molecule has 0 unspecified atom stereocenters. The Balaban J connectivity index is 0.00000264. The fourth-order valence-electron chi connectivity index (χ4n) is 2.39. The van der Waals surface area contributed by atoms with Crippen molar-refractivity contribution in [3.05, 3.63) is 21.9 Å².